The molecule has 0 saturated heterocycles. The molecular weight excluding hydrogens is 343 g/mol. The van der Waals surface area contributed by atoms with Crippen LogP contribution in [0.3, 0.4) is 0 Å². The second-order valence-corrected chi connectivity index (χ2v) is 5.49. The topological polar surface area (TPSA) is 29.9 Å². The number of hydrogen-bond donors (Lipinski definition) is 1. The summed E-state index contributed by atoms with van der Waals surface area (Å²) in [6.07, 6.45) is 0. The van der Waals surface area contributed by atoms with Crippen molar-refractivity contribution in [3.05, 3.63) is 51.5 Å². The Labute approximate surface area is 128 Å². The molecule has 0 fully saturated rings. The molecule has 0 spiro atoms. The number of imidazole rings is 1. The summed E-state index contributed by atoms with van der Waals surface area (Å²) in [5, 5.41) is 0. The number of rotatable bonds is 2. The number of halogens is 2. The van der Waals surface area contributed by atoms with E-state index < -0.39 is 0 Å². The highest BCUT2D eigenvalue weighted by atomic mass is 79.9. The summed E-state index contributed by atoms with van der Waals surface area (Å²) >= 11 is 8.52. The lowest BCUT2D eigenvalue weighted by Gasteiger charge is -2.06. The van der Waals surface area contributed by atoms with Gasteiger partial charge in [0.2, 0.25) is 0 Å². The van der Waals surface area contributed by atoms with Crippen LogP contribution >= 0.6 is 28.1 Å². The fourth-order valence-corrected chi connectivity index (χ4v) is 2.73. The molecule has 3 aromatic rings. The van der Waals surface area contributed by atoms with Crippen molar-refractivity contribution in [2.75, 3.05) is 7.11 Å². The normalized spacial score (nSPS) is 10.9. The Morgan fingerprint density at radius 2 is 1.95 bits per heavy atom. The molecule has 0 aliphatic heterocycles. The van der Waals surface area contributed by atoms with E-state index in [1.165, 1.54) is 6.07 Å². The zero-order valence-electron chi connectivity index (χ0n) is 10.5. The first-order valence-corrected chi connectivity index (χ1v) is 7.04. The second-order valence-electron chi connectivity index (χ2n) is 4.25. The Hall–Kier alpha value is -1.66. The molecule has 1 N–H and O–H groups in total. The van der Waals surface area contributed by atoms with Crippen LogP contribution in [0.25, 0.3) is 16.7 Å². The van der Waals surface area contributed by atoms with Crippen LogP contribution in [0, 0.1) is 10.6 Å². The summed E-state index contributed by atoms with van der Waals surface area (Å²) in [4.78, 5) is 3.01. The predicted molar refractivity (Wildman–Crippen MR) is 82.7 cm³/mol. The fourth-order valence-electron chi connectivity index (χ4n) is 2.09. The number of hydrogen-bond acceptors (Lipinski definition) is 2. The fraction of sp³-hybridized carbons (Fsp3) is 0.0714. The molecule has 0 saturated carbocycles. The third kappa shape index (κ3) is 2.14. The van der Waals surface area contributed by atoms with E-state index in [9.17, 15) is 4.39 Å². The third-order valence-electron chi connectivity index (χ3n) is 3.05. The highest BCUT2D eigenvalue weighted by Crippen LogP contribution is 2.26. The highest BCUT2D eigenvalue weighted by Gasteiger charge is 2.10. The molecule has 3 nitrogen and oxygen atoms in total. The SMILES string of the molecule is COc1ccc(-n2c(=S)[nH]c3cc(F)c(Br)cc32)cc1. The number of fused-ring (bicyclic) bond motifs is 1. The van der Waals surface area contributed by atoms with Crippen molar-refractivity contribution < 1.29 is 9.13 Å². The number of H-pyrrole nitrogens is 1. The van der Waals surface area contributed by atoms with Gasteiger partial charge in [0.05, 0.1) is 22.6 Å². The molecule has 0 unspecified atom stereocenters. The van der Waals surface area contributed by atoms with Crippen LogP contribution in [0.4, 0.5) is 4.39 Å². The first-order valence-electron chi connectivity index (χ1n) is 5.84. The Kier molecular flexibility index (Phi) is 3.35. The van der Waals surface area contributed by atoms with Crippen LogP contribution in [-0.2, 0) is 0 Å². The highest BCUT2D eigenvalue weighted by molar-refractivity contribution is 9.10. The molecular formula is C14H10BrFN2OS. The van der Waals surface area contributed by atoms with E-state index in [1.807, 2.05) is 28.8 Å². The molecule has 1 heterocycles. The number of methoxy groups -OCH3 is 1. The maximum absolute atomic E-state index is 13.6. The summed E-state index contributed by atoms with van der Waals surface area (Å²) in [7, 11) is 1.62. The Bertz CT molecular complexity index is 839. The van der Waals surface area contributed by atoms with Crippen LogP contribution in [-0.4, -0.2) is 16.7 Å². The molecule has 0 atom stereocenters. The number of aromatic amines is 1. The first kappa shape index (κ1) is 13.3. The van der Waals surface area contributed by atoms with Gasteiger partial charge in [0.15, 0.2) is 4.77 Å². The van der Waals surface area contributed by atoms with Crippen LogP contribution in [0.1, 0.15) is 0 Å². The molecule has 0 radical (unpaired) electrons. The van der Waals surface area contributed by atoms with E-state index in [0.717, 1.165) is 17.0 Å². The van der Waals surface area contributed by atoms with Gasteiger partial charge in [0, 0.05) is 11.8 Å². The standard InChI is InChI=1S/C14H10BrFN2OS/c1-19-9-4-2-8(3-5-9)18-13-6-10(15)11(16)7-12(13)17-14(18)20/h2-7H,1H3,(H,17,20). The van der Waals surface area contributed by atoms with Crippen molar-refractivity contribution in [3.63, 3.8) is 0 Å². The van der Waals surface area contributed by atoms with Gasteiger partial charge in [-0.3, -0.25) is 4.57 Å². The summed E-state index contributed by atoms with van der Waals surface area (Å²) in [5.41, 5.74) is 2.36. The molecule has 0 bridgehead atoms. The average Bonchev–Trinajstić information content (AvgIpc) is 2.75. The Morgan fingerprint density at radius 1 is 1.25 bits per heavy atom. The zero-order chi connectivity index (χ0) is 14.3. The van der Waals surface area contributed by atoms with Gasteiger partial charge in [-0.25, -0.2) is 4.39 Å². The van der Waals surface area contributed by atoms with Gasteiger partial charge < -0.3 is 9.72 Å². The van der Waals surface area contributed by atoms with Gasteiger partial charge in [0.25, 0.3) is 0 Å². The van der Waals surface area contributed by atoms with Gasteiger partial charge >= 0.3 is 0 Å². The maximum atomic E-state index is 13.6. The van der Waals surface area contributed by atoms with E-state index >= 15 is 0 Å². The summed E-state index contributed by atoms with van der Waals surface area (Å²) in [6, 6.07) is 10.7. The van der Waals surface area contributed by atoms with Crippen LogP contribution in [0.2, 0.25) is 0 Å². The molecule has 1 aromatic heterocycles. The minimum absolute atomic E-state index is 0.323. The molecule has 0 aliphatic carbocycles. The van der Waals surface area contributed by atoms with Crippen molar-refractivity contribution in [1.29, 1.82) is 0 Å². The Morgan fingerprint density at radius 3 is 2.60 bits per heavy atom. The van der Waals surface area contributed by atoms with Gasteiger partial charge in [0.1, 0.15) is 11.6 Å². The lowest BCUT2D eigenvalue weighted by Crippen LogP contribution is -1.94. The van der Waals surface area contributed by atoms with E-state index in [1.54, 1.807) is 13.2 Å². The van der Waals surface area contributed by atoms with E-state index in [0.29, 0.717) is 14.8 Å². The Balaban J connectivity index is 2.26. The quantitative estimate of drug-likeness (QED) is 0.683. The lowest BCUT2D eigenvalue weighted by atomic mass is 10.2. The van der Waals surface area contributed by atoms with Crippen molar-refractivity contribution in [2.24, 2.45) is 0 Å². The third-order valence-corrected chi connectivity index (χ3v) is 3.95. The smallest absolute Gasteiger partial charge is 0.182 e. The molecule has 102 valence electrons. The van der Waals surface area contributed by atoms with E-state index in [2.05, 4.69) is 20.9 Å². The van der Waals surface area contributed by atoms with Gasteiger partial charge in [-0.15, -0.1) is 0 Å². The van der Waals surface area contributed by atoms with Gasteiger partial charge in [-0.05, 0) is 58.5 Å². The van der Waals surface area contributed by atoms with Crippen molar-refractivity contribution >= 4 is 39.2 Å². The summed E-state index contributed by atoms with van der Waals surface area (Å²) in [5.74, 6) is 0.447. The second kappa shape index (κ2) is 5.03. The van der Waals surface area contributed by atoms with Crippen molar-refractivity contribution in [2.45, 2.75) is 0 Å². The maximum Gasteiger partial charge on any atom is 0.182 e. The number of nitrogens with one attached hydrogen (secondary N) is 1. The van der Waals surface area contributed by atoms with Crippen molar-refractivity contribution in [1.82, 2.24) is 9.55 Å². The summed E-state index contributed by atoms with van der Waals surface area (Å²) in [6.45, 7) is 0. The van der Waals surface area contributed by atoms with Crippen molar-refractivity contribution in [3.8, 4) is 11.4 Å². The van der Waals surface area contributed by atoms with Crippen LogP contribution in [0.5, 0.6) is 5.75 Å². The lowest BCUT2D eigenvalue weighted by molar-refractivity contribution is 0.415. The number of aromatic nitrogens is 2. The van der Waals surface area contributed by atoms with Crippen LogP contribution < -0.4 is 4.74 Å². The summed E-state index contributed by atoms with van der Waals surface area (Å²) < 4.78 is 21.5. The molecule has 20 heavy (non-hydrogen) atoms. The van der Waals surface area contributed by atoms with E-state index in [4.69, 9.17) is 17.0 Å². The van der Waals surface area contributed by atoms with Crippen LogP contribution in [0.15, 0.2) is 40.9 Å². The minimum atomic E-state index is -0.323. The molecule has 0 aliphatic rings. The number of ether oxygens (including phenoxy) is 1. The predicted octanol–water partition coefficient (Wildman–Crippen LogP) is 4.60. The molecule has 2 aromatic carbocycles. The number of nitrogens with zero attached hydrogens (tertiary/aromatic N) is 1. The largest absolute Gasteiger partial charge is 0.497 e. The first-order chi connectivity index (χ1) is 9.60. The average molecular weight is 353 g/mol. The molecule has 6 heteroatoms. The zero-order valence-corrected chi connectivity index (χ0v) is 12.9. The van der Waals surface area contributed by atoms with Gasteiger partial charge in [-0.2, -0.15) is 0 Å². The minimum Gasteiger partial charge on any atom is -0.497 e. The molecule has 3 rings (SSSR count). The molecule has 0 amide bonds. The number of benzene rings is 2. The monoisotopic (exact) mass is 352 g/mol. The van der Waals surface area contributed by atoms with E-state index in [-0.39, 0.29) is 5.82 Å². The van der Waals surface area contributed by atoms with Gasteiger partial charge in [-0.1, -0.05) is 0 Å².